The number of H-pyrrole nitrogens is 1. The van der Waals surface area contributed by atoms with Crippen molar-refractivity contribution in [3.63, 3.8) is 0 Å². The van der Waals surface area contributed by atoms with E-state index in [1.54, 1.807) is 13.8 Å². The number of hydrogen-bond donors (Lipinski definition) is 2. The number of carbonyl (C=O) groups is 2. The molecule has 0 aliphatic heterocycles. The Kier molecular flexibility index (Phi) is 4.88. The molecule has 0 spiro atoms. The third-order valence-electron chi connectivity index (χ3n) is 3.57. The fourth-order valence-corrected chi connectivity index (χ4v) is 4.30. The first kappa shape index (κ1) is 17.2. The number of nitriles is 1. The quantitative estimate of drug-likeness (QED) is 0.405. The van der Waals surface area contributed by atoms with Crippen molar-refractivity contribution in [3.05, 3.63) is 41.2 Å². The number of carbonyl (C=O) groups excluding carboxylic acids is 2. The van der Waals surface area contributed by atoms with Crippen molar-refractivity contribution in [2.24, 2.45) is 0 Å². The Morgan fingerprint density at radius 3 is 2.88 bits per heavy atom. The van der Waals surface area contributed by atoms with E-state index in [2.05, 4.69) is 21.4 Å². The number of nitrogens with zero attached hydrogens (tertiary/aromatic N) is 2. The fraction of sp³-hybridized carbons (Fsp3) is 0.176. The maximum atomic E-state index is 12.6. The fourth-order valence-electron chi connectivity index (χ4n) is 2.50. The number of aromatic nitrogens is 2. The molecule has 0 aliphatic carbocycles. The molecule has 0 saturated carbocycles. The van der Waals surface area contributed by atoms with Crippen LogP contribution in [0.25, 0.3) is 10.9 Å². The van der Waals surface area contributed by atoms with Gasteiger partial charge in [-0.2, -0.15) is 5.26 Å². The van der Waals surface area contributed by atoms with Crippen molar-refractivity contribution in [1.82, 2.24) is 9.97 Å². The van der Waals surface area contributed by atoms with Gasteiger partial charge >= 0.3 is 0 Å². The van der Waals surface area contributed by atoms with Crippen LogP contribution in [-0.2, 0) is 4.79 Å². The third kappa shape index (κ3) is 3.43. The molecule has 3 aromatic rings. The zero-order valence-electron chi connectivity index (χ0n) is 13.5. The Bertz CT molecular complexity index is 1010. The minimum atomic E-state index is -0.724. The molecule has 0 unspecified atom stereocenters. The van der Waals surface area contributed by atoms with Gasteiger partial charge in [0.05, 0.1) is 27.3 Å². The van der Waals surface area contributed by atoms with Crippen LogP contribution in [0.2, 0.25) is 0 Å². The van der Waals surface area contributed by atoms with Gasteiger partial charge in [-0.25, -0.2) is 4.98 Å². The second-order valence-electron chi connectivity index (χ2n) is 5.29. The lowest BCUT2D eigenvalue weighted by Gasteiger charge is -2.01. The number of thiazole rings is 1. The van der Waals surface area contributed by atoms with E-state index < -0.39 is 11.7 Å². The SMILES string of the molecule is Cc1nc(NC(=O)C(=O)c2c(C)[nH]c3ccccc23)sc1SCC#N. The van der Waals surface area contributed by atoms with Gasteiger partial charge in [0, 0.05) is 16.6 Å². The molecule has 25 heavy (non-hydrogen) atoms. The van der Waals surface area contributed by atoms with Crippen LogP contribution in [0, 0.1) is 25.2 Å². The summed E-state index contributed by atoms with van der Waals surface area (Å²) in [6.45, 7) is 3.57. The first-order valence-electron chi connectivity index (χ1n) is 7.41. The van der Waals surface area contributed by atoms with Crippen LogP contribution in [0.3, 0.4) is 0 Å². The Morgan fingerprint density at radius 1 is 1.36 bits per heavy atom. The standard InChI is InChI=1S/C17H14N4O2S2/c1-9-13(11-5-3-4-6-12(11)19-9)14(22)15(23)21-17-20-10(2)16(25-17)24-8-7-18/h3-6,19H,8H2,1-2H3,(H,20,21,23). The molecular formula is C17H14N4O2S2. The first-order chi connectivity index (χ1) is 12.0. The molecule has 1 aromatic carbocycles. The van der Waals surface area contributed by atoms with Crippen LogP contribution in [0.15, 0.2) is 28.5 Å². The lowest BCUT2D eigenvalue weighted by Crippen LogP contribution is -2.23. The van der Waals surface area contributed by atoms with Crippen molar-refractivity contribution >= 4 is 50.8 Å². The van der Waals surface area contributed by atoms with Gasteiger partial charge in [-0.15, -0.1) is 0 Å². The Hall–Kier alpha value is -2.63. The number of nitrogens with one attached hydrogen (secondary N) is 2. The number of benzene rings is 1. The van der Waals surface area contributed by atoms with E-state index in [-0.39, 0.29) is 0 Å². The molecule has 0 atom stereocenters. The number of Topliss-reactive ketones (excluding diaryl/α,β-unsaturated/α-hetero) is 1. The van der Waals surface area contributed by atoms with E-state index in [0.717, 1.165) is 20.8 Å². The van der Waals surface area contributed by atoms with Gasteiger partial charge in [0.25, 0.3) is 11.7 Å². The van der Waals surface area contributed by atoms with Crippen molar-refractivity contribution < 1.29 is 9.59 Å². The Balaban J connectivity index is 1.82. The van der Waals surface area contributed by atoms with E-state index in [1.165, 1.54) is 23.1 Å². The molecule has 0 saturated heterocycles. The number of para-hydroxylation sites is 1. The smallest absolute Gasteiger partial charge is 0.298 e. The molecule has 2 N–H and O–H groups in total. The largest absolute Gasteiger partial charge is 0.358 e. The normalized spacial score (nSPS) is 10.6. The predicted octanol–water partition coefficient (Wildman–Crippen LogP) is 3.68. The highest BCUT2D eigenvalue weighted by Gasteiger charge is 2.23. The minimum Gasteiger partial charge on any atom is -0.358 e. The van der Waals surface area contributed by atoms with Gasteiger partial charge in [0.15, 0.2) is 5.13 Å². The average molecular weight is 370 g/mol. The van der Waals surface area contributed by atoms with Crippen LogP contribution < -0.4 is 5.32 Å². The molecule has 1 amide bonds. The minimum absolute atomic E-state index is 0.309. The molecular weight excluding hydrogens is 356 g/mol. The number of hydrogen-bond acceptors (Lipinski definition) is 6. The number of anilines is 1. The van der Waals surface area contributed by atoms with E-state index in [0.29, 0.717) is 22.1 Å². The van der Waals surface area contributed by atoms with E-state index >= 15 is 0 Å². The zero-order valence-corrected chi connectivity index (χ0v) is 15.2. The summed E-state index contributed by atoms with van der Waals surface area (Å²) < 4.78 is 0.854. The number of aryl methyl sites for hydroxylation is 2. The van der Waals surface area contributed by atoms with E-state index in [4.69, 9.17) is 5.26 Å². The van der Waals surface area contributed by atoms with Crippen LogP contribution >= 0.6 is 23.1 Å². The lowest BCUT2D eigenvalue weighted by molar-refractivity contribution is -0.112. The maximum absolute atomic E-state index is 12.6. The van der Waals surface area contributed by atoms with Gasteiger partial charge in [0.1, 0.15) is 0 Å². The number of aromatic amines is 1. The molecule has 0 fully saturated rings. The molecule has 3 rings (SSSR count). The van der Waals surface area contributed by atoms with Gasteiger partial charge < -0.3 is 4.98 Å². The summed E-state index contributed by atoms with van der Waals surface area (Å²) in [5, 5.41) is 12.3. The van der Waals surface area contributed by atoms with Crippen molar-refractivity contribution in [2.45, 2.75) is 18.1 Å². The molecule has 6 nitrogen and oxygen atoms in total. The molecule has 0 bridgehead atoms. The first-order valence-corrected chi connectivity index (χ1v) is 9.21. The summed E-state index contributed by atoms with van der Waals surface area (Å²) in [4.78, 5) is 32.3. The molecule has 8 heteroatoms. The van der Waals surface area contributed by atoms with Crippen molar-refractivity contribution in [3.8, 4) is 6.07 Å². The van der Waals surface area contributed by atoms with E-state index in [1.807, 2.05) is 24.3 Å². The number of fused-ring (bicyclic) bond motifs is 1. The van der Waals surface area contributed by atoms with Crippen LogP contribution in [0.5, 0.6) is 0 Å². The second kappa shape index (κ2) is 7.09. The van der Waals surface area contributed by atoms with Crippen LogP contribution in [-0.4, -0.2) is 27.4 Å². The van der Waals surface area contributed by atoms with Crippen LogP contribution in [0.4, 0.5) is 5.13 Å². The highest BCUT2D eigenvalue weighted by molar-refractivity contribution is 8.01. The number of amides is 1. The highest BCUT2D eigenvalue weighted by atomic mass is 32.2. The molecule has 2 aromatic heterocycles. The number of ketones is 1. The van der Waals surface area contributed by atoms with Gasteiger partial charge in [-0.1, -0.05) is 41.3 Å². The Morgan fingerprint density at radius 2 is 2.12 bits per heavy atom. The summed E-state index contributed by atoms with van der Waals surface area (Å²) in [5.41, 5.74) is 2.58. The van der Waals surface area contributed by atoms with Gasteiger partial charge in [-0.3, -0.25) is 14.9 Å². The summed E-state index contributed by atoms with van der Waals surface area (Å²) >= 11 is 2.62. The summed E-state index contributed by atoms with van der Waals surface area (Å²) in [6, 6.07) is 9.41. The number of thioether (sulfide) groups is 1. The molecule has 0 aliphatic rings. The van der Waals surface area contributed by atoms with Gasteiger partial charge in [-0.05, 0) is 19.9 Å². The summed E-state index contributed by atoms with van der Waals surface area (Å²) in [7, 11) is 0. The predicted molar refractivity (Wildman–Crippen MR) is 99.2 cm³/mol. The van der Waals surface area contributed by atoms with Crippen LogP contribution in [0.1, 0.15) is 21.7 Å². The Labute approximate surface area is 152 Å². The highest BCUT2D eigenvalue weighted by Crippen LogP contribution is 2.32. The molecule has 0 radical (unpaired) electrons. The maximum Gasteiger partial charge on any atom is 0.298 e. The summed E-state index contributed by atoms with van der Waals surface area (Å²) in [5.74, 6) is -1.02. The zero-order chi connectivity index (χ0) is 18.0. The average Bonchev–Trinajstić information content (AvgIpc) is 3.10. The number of rotatable bonds is 5. The van der Waals surface area contributed by atoms with Gasteiger partial charge in [0.2, 0.25) is 0 Å². The topological polar surface area (TPSA) is 98.6 Å². The molecule has 2 heterocycles. The van der Waals surface area contributed by atoms with Crippen molar-refractivity contribution in [1.29, 1.82) is 5.26 Å². The second-order valence-corrected chi connectivity index (χ2v) is 7.54. The van der Waals surface area contributed by atoms with Crippen molar-refractivity contribution in [2.75, 3.05) is 11.1 Å². The molecule has 126 valence electrons. The lowest BCUT2D eigenvalue weighted by atomic mass is 10.1. The summed E-state index contributed by atoms with van der Waals surface area (Å²) in [6.07, 6.45) is 0. The monoisotopic (exact) mass is 370 g/mol. The third-order valence-corrected chi connectivity index (χ3v) is 5.87. The van der Waals surface area contributed by atoms with E-state index in [9.17, 15) is 9.59 Å².